The summed E-state index contributed by atoms with van der Waals surface area (Å²) < 4.78 is 5.59. The molecule has 0 aliphatic rings. The molecule has 0 aliphatic heterocycles. The molecule has 0 N–H and O–H groups in total. The molecule has 0 unspecified atom stereocenters. The number of hydrogen-bond donors (Lipinski definition) is 0. The summed E-state index contributed by atoms with van der Waals surface area (Å²) in [4.78, 5) is 12.3. The van der Waals surface area contributed by atoms with Crippen molar-refractivity contribution in [3.05, 3.63) is 28.8 Å². The van der Waals surface area contributed by atoms with E-state index in [1.54, 1.807) is 0 Å². The molecule has 0 aromatic heterocycles. The number of ketones is 1. The van der Waals surface area contributed by atoms with E-state index in [0.29, 0.717) is 18.3 Å². The van der Waals surface area contributed by atoms with E-state index in [9.17, 15) is 4.79 Å². The van der Waals surface area contributed by atoms with Crippen molar-refractivity contribution in [1.29, 1.82) is 0 Å². The van der Waals surface area contributed by atoms with Crippen LogP contribution in [0.3, 0.4) is 0 Å². The molecular formula is C16H24O2S. The van der Waals surface area contributed by atoms with Crippen LogP contribution in [0.5, 0.6) is 5.75 Å². The third-order valence-corrected chi connectivity index (χ3v) is 4.08. The van der Waals surface area contributed by atoms with Gasteiger partial charge in [0.25, 0.3) is 0 Å². The molecule has 3 heteroatoms. The Morgan fingerprint density at radius 1 is 1.26 bits per heavy atom. The van der Waals surface area contributed by atoms with Crippen LogP contribution in [-0.2, 0) is 0 Å². The predicted molar refractivity (Wildman–Crippen MR) is 83.6 cm³/mol. The minimum atomic E-state index is 0.180. The van der Waals surface area contributed by atoms with Gasteiger partial charge in [-0.15, -0.1) is 0 Å². The number of thioether (sulfide) groups is 1. The second kappa shape index (κ2) is 7.59. The number of carbonyl (C=O) groups excluding carboxylic acids is 1. The van der Waals surface area contributed by atoms with Crippen LogP contribution in [0, 0.1) is 13.8 Å². The van der Waals surface area contributed by atoms with Crippen LogP contribution in [0.15, 0.2) is 12.1 Å². The summed E-state index contributed by atoms with van der Waals surface area (Å²) in [5.74, 6) is 1.78. The first-order valence-corrected chi connectivity index (χ1v) is 7.89. The van der Waals surface area contributed by atoms with Gasteiger partial charge in [-0.1, -0.05) is 13.8 Å². The van der Waals surface area contributed by atoms with Gasteiger partial charge in [0.2, 0.25) is 0 Å². The highest BCUT2D eigenvalue weighted by molar-refractivity contribution is 7.99. The molecule has 0 aliphatic carbocycles. The molecule has 0 heterocycles. The van der Waals surface area contributed by atoms with Crippen LogP contribution < -0.4 is 4.74 Å². The highest BCUT2D eigenvalue weighted by Gasteiger charge is 2.14. The van der Waals surface area contributed by atoms with Crippen LogP contribution in [0.25, 0.3) is 0 Å². The molecular weight excluding hydrogens is 256 g/mol. The van der Waals surface area contributed by atoms with Crippen LogP contribution in [0.2, 0.25) is 0 Å². The average Bonchev–Trinajstić information content (AvgIpc) is 2.33. The van der Waals surface area contributed by atoms with Crippen molar-refractivity contribution in [3.63, 3.8) is 0 Å². The third kappa shape index (κ3) is 4.90. The van der Waals surface area contributed by atoms with Crippen LogP contribution in [0.4, 0.5) is 0 Å². The zero-order valence-corrected chi connectivity index (χ0v) is 13.4. The summed E-state index contributed by atoms with van der Waals surface area (Å²) in [6, 6.07) is 3.93. The predicted octanol–water partition coefficient (Wildman–Crippen LogP) is 4.42. The summed E-state index contributed by atoms with van der Waals surface area (Å²) in [6.07, 6.45) is 0.575. The van der Waals surface area contributed by atoms with Crippen molar-refractivity contribution < 1.29 is 9.53 Å². The molecule has 0 bridgehead atoms. The van der Waals surface area contributed by atoms with Gasteiger partial charge in [-0.2, -0.15) is 11.8 Å². The number of Topliss-reactive ketones (excluding diaryl/α,β-unsaturated/α-hetero) is 1. The van der Waals surface area contributed by atoms with Gasteiger partial charge in [0, 0.05) is 12.2 Å². The van der Waals surface area contributed by atoms with E-state index in [4.69, 9.17) is 4.74 Å². The normalized spacial score (nSPS) is 10.8. The van der Waals surface area contributed by atoms with Crippen LogP contribution in [0.1, 0.15) is 48.7 Å². The number of rotatable bonds is 7. The van der Waals surface area contributed by atoms with Gasteiger partial charge in [0.15, 0.2) is 5.78 Å². The summed E-state index contributed by atoms with van der Waals surface area (Å²) in [5, 5.41) is 0.568. The molecule has 0 atom stereocenters. The Labute approximate surface area is 120 Å². The van der Waals surface area contributed by atoms with E-state index < -0.39 is 0 Å². The van der Waals surface area contributed by atoms with E-state index >= 15 is 0 Å². The van der Waals surface area contributed by atoms with Gasteiger partial charge < -0.3 is 4.74 Å². The van der Waals surface area contributed by atoms with E-state index in [1.807, 2.05) is 44.7 Å². The highest BCUT2D eigenvalue weighted by atomic mass is 32.2. The lowest BCUT2D eigenvalue weighted by molar-refractivity contribution is 0.0985. The van der Waals surface area contributed by atoms with Crippen LogP contribution >= 0.6 is 11.8 Å². The lowest BCUT2D eigenvalue weighted by Crippen LogP contribution is -2.07. The number of carbonyl (C=O) groups is 1. The van der Waals surface area contributed by atoms with E-state index in [1.165, 1.54) is 0 Å². The van der Waals surface area contributed by atoms with Gasteiger partial charge in [0.05, 0.1) is 12.2 Å². The maximum atomic E-state index is 12.3. The van der Waals surface area contributed by atoms with Crippen molar-refractivity contribution in [2.24, 2.45) is 0 Å². The molecule has 1 aromatic carbocycles. The Balaban J connectivity index is 2.85. The number of hydrogen-bond acceptors (Lipinski definition) is 3. The summed E-state index contributed by atoms with van der Waals surface area (Å²) in [7, 11) is 0. The fourth-order valence-corrected chi connectivity index (χ4v) is 2.58. The fraction of sp³-hybridized carbons (Fsp3) is 0.562. The first kappa shape index (κ1) is 16.1. The van der Waals surface area contributed by atoms with E-state index in [-0.39, 0.29) is 5.78 Å². The molecule has 0 fully saturated rings. The maximum absolute atomic E-state index is 12.3. The molecule has 1 rings (SSSR count). The van der Waals surface area contributed by atoms with Crippen molar-refractivity contribution in [2.45, 2.75) is 46.3 Å². The molecule has 1 aromatic rings. The highest BCUT2D eigenvalue weighted by Crippen LogP contribution is 2.25. The lowest BCUT2D eigenvalue weighted by atomic mass is 10.0. The topological polar surface area (TPSA) is 26.3 Å². The number of ether oxygens (including phenoxy) is 1. The zero-order chi connectivity index (χ0) is 14.4. The van der Waals surface area contributed by atoms with Crippen molar-refractivity contribution in [2.75, 3.05) is 12.4 Å². The lowest BCUT2D eigenvalue weighted by Gasteiger charge is -2.12. The first-order valence-electron chi connectivity index (χ1n) is 6.84. The average molecular weight is 280 g/mol. The van der Waals surface area contributed by atoms with Gasteiger partial charge in [-0.25, -0.2) is 0 Å². The minimum absolute atomic E-state index is 0.180. The number of benzene rings is 1. The minimum Gasteiger partial charge on any atom is -0.493 e. The Morgan fingerprint density at radius 2 is 1.89 bits per heavy atom. The molecule has 0 radical (unpaired) electrons. The standard InChI is InChI=1S/C16H24O2S/c1-6-18-16-10-13(5)12(4)9-14(16)15(17)7-8-19-11(2)3/h9-11H,6-8H2,1-5H3. The summed E-state index contributed by atoms with van der Waals surface area (Å²) in [6.45, 7) is 10.9. The van der Waals surface area contributed by atoms with Crippen LogP contribution in [-0.4, -0.2) is 23.4 Å². The van der Waals surface area contributed by atoms with E-state index in [0.717, 1.165) is 28.2 Å². The summed E-state index contributed by atoms with van der Waals surface area (Å²) >= 11 is 1.82. The van der Waals surface area contributed by atoms with Crippen molar-refractivity contribution >= 4 is 17.5 Å². The van der Waals surface area contributed by atoms with Crippen molar-refractivity contribution in [1.82, 2.24) is 0 Å². The second-order valence-electron chi connectivity index (χ2n) is 4.96. The molecule has 0 spiro atoms. The number of aryl methyl sites for hydroxylation is 2. The monoisotopic (exact) mass is 280 g/mol. The fourth-order valence-electron chi connectivity index (χ4n) is 1.80. The van der Waals surface area contributed by atoms with Gasteiger partial charge in [-0.3, -0.25) is 4.79 Å². The molecule has 0 saturated heterocycles. The second-order valence-corrected chi connectivity index (χ2v) is 6.64. The van der Waals surface area contributed by atoms with Gasteiger partial charge in [-0.05, 0) is 49.3 Å². The molecule has 0 saturated carbocycles. The van der Waals surface area contributed by atoms with E-state index in [2.05, 4.69) is 13.8 Å². The largest absolute Gasteiger partial charge is 0.493 e. The molecule has 2 nitrogen and oxygen atoms in total. The first-order chi connectivity index (χ1) is 8.95. The third-order valence-electron chi connectivity index (χ3n) is 2.98. The van der Waals surface area contributed by atoms with Gasteiger partial charge >= 0.3 is 0 Å². The molecule has 106 valence electrons. The summed E-state index contributed by atoms with van der Waals surface area (Å²) in [5.41, 5.74) is 3.04. The molecule has 19 heavy (non-hydrogen) atoms. The Bertz CT molecular complexity index is 439. The Hall–Kier alpha value is -0.960. The van der Waals surface area contributed by atoms with Crippen molar-refractivity contribution in [3.8, 4) is 5.75 Å². The Kier molecular flexibility index (Phi) is 6.43. The molecule has 0 amide bonds. The smallest absolute Gasteiger partial charge is 0.167 e. The quantitative estimate of drug-likeness (QED) is 0.692. The Morgan fingerprint density at radius 3 is 2.47 bits per heavy atom. The zero-order valence-electron chi connectivity index (χ0n) is 12.6. The van der Waals surface area contributed by atoms with Gasteiger partial charge in [0.1, 0.15) is 5.75 Å². The maximum Gasteiger partial charge on any atom is 0.167 e. The SMILES string of the molecule is CCOc1cc(C)c(C)cc1C(=O)CCSC(C)C.